The zero-order valence-corrected chi connectivity index (χ0v) is 18.3. The molecule has 166 valence electrons. The summed E-state index contributed by atoms with van der Waals surface area (Å²) in [6.07, 6.45) is 0. The Morgan fingerprint density at radius 2 is 1.69 bits per heavy atom. The van der Waals surface area contributed by atoms with Crippen molar-refractivity contribution in [3.8, 4) is 0 Å². The van der Waals surface area contributed by atoms with E-state index in [1.807, 2.05) is 30.3 Å². The van der Waals surface area contributed by atoms with Crippen LogP contribution in [0.2, 0.25) is 0 Å². The molecule has 2 aromatic carbocycles. The number of nitrogens with one attached hydrogen (secondary N) is 1. The van der Waals surface area contributed by atoms with Crippen LogP contribution in [0.25, 0.3) is 0 Å². The van der Waals surface area contributed by atoms with Gasteiger partial charge in [-0.3, -0.25) is 14.5 Å². The number of carbonyl (C=O) groups excluding carboxylic acids is 3. The molecule has 3 aromatic rings. The maximum Gasteiger partial charge on any atom is 0.358 e. The normalized spacial score (nSPS) is 10.3. The van der Waals surface area contributed by atoms with Crippen molar-refractivity contribution in [2.45, 2.75) is 13.5 Å². The molecule has 1 amide bonds. The van der Waals surface area contributed by atoms with Gasteiger partial charge in [0.05, 0.1) is 6.61 Å². The summed E-state index contributed by atoms with van der Waals surface area (Å²) in [5.41, 5.74) is 1.69. The number of para-hydroxylation sites is 1. The summed E-state index contributed by atoms with van der Waals surface area (Å²) in [5, 5.41) is 5.28. The molecule has 0 aliphatic carbocycles. The molecule has 0 aliphatic heterocycles. The van der Waals surface area contributed by atoms with Gasteiger partial charge < -0.3 is 14.8 Å². The smallest absolute Gasteiger partial charge is 0.358 e. The quantitative estimate of drug-likeness (QED) is 0.469. The van der Waals surface area contributed by atoms with Crippen molar-refractivity contribution in [2.75, 3.05) is 30.0 Å². The van der Waals surface area contributed by atoms with Crippen LogP contribution in [-0.4, -0.2) is 42.6 Å². The van der Waals surface area contributed by atoms with Crippen molar-refractivity contribution in [3.05, 3.63) is 77.3 Å². The predicted octanol–water partition coefficient (Wildman–Crippen LogP) is 3.51. The van der Waals surface area contributed by atoms with Gasteiger partial charge >= 0.3 is 11.9 Å². The fourth-order valence-corrected chi connectivity index (χ4v) is 3.45. The van der Waals surface area contributed by atoms with E-state index < -0.39 is 24.5 Å². The van der Waals surface area contributed by atoms with Crippen LogP contribution in [0.1, 0.15) is 23.0 Å². The molecule has 1 aromatic heterocycles. The van der Waals surface area contributed by atoms with Gasteiger partial charge in [-0.05, 0) is 24.6 Å². The van der Waals surface area contributed by atoms with E-state index in [2.05, 4.69) is 10.3 Å². The number of anilines is 2. The highest BCUT2D eigenvalue weighted by atomic mass is 32.1. The number of esters is 2. The molecule has 8 nitrogen and oxygen atoms in total. The van der Waals surface area contributed by atoms with E-state index in [4.69, 9.17) is 9.47 Å². The van der Waals surface area contributed by atoms with Gasteiger partial charge in [0.2, 0.25) is 0 Å². The molecular formula is C23H23N3O5S. The summed E-state index contributed by atoms with van der Waals surface area (Å²) in [6.45, 7) is 1.65. The number of hydrogen-bond acceptors (Lipinski definition) is 8. The average Bonchev–Trinajstić information content (AvgIpc) is 3.30. The third-order valence-corrected chi connectivity index (χ3v) is 5.09. The van der Waals surface area contributed by atoms with Gasteiger partial charge in [-0.15, -0.1) is 11.3 Å². The van der Waals surface area contributed by atoms with Crippen LogP contribution in [0.5, 0.6) is 0 Å². The minimum Gasteiger partial charge on any atom is -0.465 e. The van der Waals surface area contributed by atoms with Crippen LogP contribution in [-0.2, 0) is 25.6 Å². The third-order valence-electron chi connectivity index (χ3n) is 4.29. The molecule has 0 radical (unpaired) electrons. The second kappa shape index (κ2) is 11.6. The lowest BCUT2D eigenvalue weighted by atomic mass is 10.2. The average molecular weight is 454 g/mol. The molecule has 1 N–H and O–H groups in total. The minimum absolute atomic E-state index is 0.106. The standard InChI is InChI=1S/C23H23N3O5S/c1-2-30-21(28)14-26(18-11-7-4-8-12-18)20(27)15-31-22(29)19-16-32-23(25-19)24-13-17-9-5-3-6-10-17/h3-12,16H,2,13-15H2,1H3,(H,24,25). The lowest BCUT2D eigenvalue weighted by molar-refractivity contribution is -0.142. The molecule has 0 atom stereocenters. The zero-order chi connectivity index (χ0) is 22.8. The lowest BCUT2D eigenvalue weighted by Crippen LogP contribution is -2.39. The van der Waals surface area contributed by atoms with Crippen molar-refractivity contribution in [1.82, 2.24) is 4.98 Å². The van der Waals surface area contributed by atoms with Gasteiger partial charge in [0.15, 0.2) is 17.4 Å². The second-order valence-corrected chi connectivity index (χ2v) is 7.43. The van der Waals surface area contributed by atoms with Crippen molar-refractivity contribution in [1.29, 1.82) is 0 Å². The van der Waals surface area contributed by atoms with Crippen molar-refractivity contribution < 1.29 is 23.9 Å². The fourth-order valence-electron chi connectivity index (χ4n) is 2.77. The highest BCUT2D eigenvalue weighted by Gasteiger charge is 2.22. The van der Waals surface area contributed by atoms with E-state index >= 15 is 0 Å². The number of amides is 1. The summed E-state index contributed by atoms with van der Waals surface area (Å²) in [7, 11) is 0. The largest absolute Gasteiger partial charge is 0.465 e. The highest BCUT2D eigenvalue weighted by molar-refractivity contribution is 7.13. The summed E-state index contributed by atoms with van der Waals surface area (Å²) < 4.78 is 10.1. The van der Waals surface area contributed by atoms with Crippen LogP contribution in [0.3, 0.4) is 0 Å². The Bertz CT molecular complexity index is 1040. The van der Waals surface area contributed by atoms with Crippen LogP contribution in [0, 0.1) is 0 Å². The zero-order valence-electron chi connectivity index (χ0n) is 17.5. The monoisotopic (exact) mass is 453 g/mol. The number of aromatic nitrogens is 1. The maximum atomic E-state index is 12.7. The summed E-state index contributed by atoms with van der Waals surface area (Å²) in [4.78, 5) is 42.4. The molecule has 0 aliphatic rings. The number of thiazole rings is 1. The van der Waals surface area contributed by atoms with Gasteiger partial charge in [0.1, 0.15) is 6.54 Å². The summed E-state index contributed by atoms with van der Waals surface area (Å²) in [6, 6.07) is 18.4. The molecule has 9 heteroatoms. The first-order chi connectivity index (χ1) is 15.6. The Balaban J connectivity index is 1.57. The van der Waals surface area contributed by atoms with Crippen molar-refractivity contribution in [2.24, 2.45) is 0 Å². The predicted molar refractivity (Wildman–Crippen MR) is 122 cm³/mol. The topological polar surface area (TPSA) is 97.8 Å². The van der Waals surface area contributed by atoms with Gasteiger partial charge in [0.25, 0.3) is 5.91 Å². The molecule has 0 unspecified atom stereocenters. The second-order valence-electron chi connectivity index (χ2n) is 6.57. The Morgan fingerprint density at radius 1 is 1.00 bits per heavy atom. The van der Waals surface area contributed by atoms with E-state index in [0.717, 1.165) is 5.56 Å². The summed E-state index contributed by atoms with van der Waals surface area (Å²) in [5.74, 6) is -1.81. The minimum atomic E-state index is -0.716. The van der Waals surface area contributed by atoms with Crippen molar-refractivity contribution >= 4 is 40.0 Å². The van der Waals surface area contributed by atoms with Gasteiger partial charge in [-0.1, -0.05) is 48.5 Å². The molecule has 3 rings (SSSR count). The van der Waals surface area contributed by atoms with Crippen LogP contribution >= 0.6 is 11.3 Å². The maximum absolute atomic E-state index is 12.7. The molecule has 0 saturated carbocycles. The number of benzene rings is 2. The fraction of sp³-hybridized carbons (Fsp3) is 0.217. The number of carbonyl (C=O) groups is 3. The van der Waals surface area contributed by atoms with Crippen LogP contribution in [0.4, 0.5) is 10.8 Å². The molecular weight excluding hydrogens is 430 g/mol. The molecule has 1 heterocycles. The Morgan fingerprint density at radius 3 is 2.38 bits per heavy atom. The molecule has 0 saturated heterocycles. The van der Waals surface area contributed by atoms with E-state index in [0.29, 0.717) is 17.4 Å². The first-order valence-corrected chi connectivity index (χ1v) is 10.9. The SMILES string of the molecule is CCOC(=O)CN(C(=O)COC(=O)c1csc(NCc2ccccc2)n1)c1ccccc1. The van der Waals surface area contributed by atoms with Gasteiger partial charge in [-0.25, -0.2) is 9.78 Å². The molecule has 0 fully saturated rings. The first kappa shape index (κ1) is 23.0. The van der Waals surface area contributed by atoms with Gasteiger partial charge in [0, 0.05) is 17.6 Å². The number of ether oxygens (including phenoxy) is 2. The molecule has 32 heavy (non-hydrogen) atoms. The lowest BCUT2D eigenvalue weighted by Gasteiger charge is -2.21. The number of nitrogens with zero attached hydrogens (tertiary/aromatic N) is 2. The van der Waals surface area contributed by atoms with Crippen molar-refractivity contribution in [3.63, 3.8) is 0 Å². The Labute approximate surface area is 189 Å². The highest BCUT2D eigenvalue weighted by Crippen LogP contribution is 2.18. The van der Waals surface area contributed by atoms with Gasteiger partial charge in [-0.2, -0.15) is 0 Å². The first-order valence-electron chi connectivity index (χ1n) is 9.98. The Hall–Kier alpha value is -3.72. The Kier molecular flexibility index (Phi) is 8.33. The number of hydrogen-bond donors (Lipinski definition) is 1. The van der Waals surface area contributed by atoms with E-state index in [9.17, 15) is 14.4 Å². The summed E-state index contributed by atoms with van der Waals surface area (Å²) >= 11 is 1.27. The van der Waals surface area contributed by atoms with E-state index in [1.54, 1.807) is 42.6 Å². The van der Waals surface area contributed by atoms with Crippen LogP contribution in [0.15, 0.2) is 66.0 Å². The third kappa shape index (κ3) is 6.64. The molecule has 0 spiro atoms. The number of rotatable bonds is 10. The van der Waals surface area contributed by atoms with E-state index in [-0.39, 0.29) is 18.8 Å². The van der Waals surface area contributed by atoms with E-state index in [1.165, 1.54) is 16.2 Å². The molecule has 0 bridgehead atoms. The van der Waals surface area contributed by atoms with Crippen LogP contribution < -0.4 is 10.2 Å².